The molecular weight excluding hydrogens is 418 g/mol. The van der Waals surface area contributed by atoms with Gasteiger partial charge in [-0.1, -0.05) is 42.1 Å². The molecule has 4 rings (SSSR count). The van der Waals surface area contributed by atoms with Crippen LogP contribution in [-0.2, 0) is 16.1 Å². The van der Waals surface area contributed by atoms with Gasteiger partial charge in [-0.15, -0.1) is 11.3 Å². The molecule has 0 unspecified atom stereocenters. The van der Waals surface area contributed by atoms with Gasteiger partial charge in [0.15, 0.2) is 5.16 Å². The van der Waals surface area contributed by atoms with Crippen molar-refractivity contribution in [3.8, 4) is 11.1 Å². The van der Waals surface area contributed by atoms with Crippen molar-refractivity contribution in [1.29, 1.82) is 0 Å². The molecule has 2 atom stereocenters. The molecule has 1 fully saturated rings. The van der Waals surface area contributed by atoms with Crippen LogP contribution in [0.5, 0.6) is 0 Å². The molecule has 8 heteroatoms. The maximum absolute atomic E-state index is 13.3. The summed E-state index contributed by atoms with van der Waals surface area (Å²) in [6.07, 6.45) is 2.14. The standard InChI is InChI=1S/C22H25N3O3S2/c1-3-25-21(27)18-17(15-8-5-4-6-9-15)13-29-20(18)24-22(25)30-14(2)19(26)23-12-16-10-7-11-28-16/h4-6,8-9,13-14,16H,3,7,10-12H2,1-2H3,(H,23,26)/t14-,16-/m1/s1. The molecule has 158 valence electrons. The third-order valence-electron chi connectivity index (χ3n) is 5.24. The van der Waals surface area contributed by atoms with Crippen molar-refractivity contribution in [2.24, 2.45) is 0 Å². The van der Waals surface area contributed by atoms with Gasteiger partial charge in [0.1, 0.15) is 4.83 Å². The van der Waals surface area contributed by atoms with Crippen LogP contribution in [0.25, 0.3) is 21.3 Å². The normalized spacial score (nSPS) is 17.3. The first-order chi connectivity index (χ1) is 14.6. The molecule has 0 radical (unpaired) electrons. The molecule has 1 amide bonds. The molecule has 30 heavy (non-hydrogen) atoms. The molecule has 1 aliphatic heterocycles. The van der Waals surface area contributed by atoms with Gasteiger partial charge in [-0.05, 0) is 32.3 Å². The number of carbonyl (C=O) groups is 1. The molecule has 0 spiro atoms. The molecule has 1 aliphatic rings. The van der Waals surface area contributed by atoms with Gasteiger partial charge in [-0.25, -0.2) is 4.98 Å². The van der Waals surface area contributed by atoms with E-state index in [4.69, 9.17) is 9.72 Å². The Morgan fingerprint density at radius 1 is 1.40 bits per heavy atom. The minimum Gasteiger partial charge on any atom is -0.376 e. The van der Waals surface area contributed by atoms with Crippen LogP contribution in [0.3, 0.4) is 0 Å². The quantitative estimate of drug-likeness (QED) is 0.443. The Balaban J connectivity index is 1.58. The SMILES string of the molecule is CCn1c(S[C@H](C)C(=O)NC[C@H]2CCCO2)nc2scc(-c3ccccc3)c2c1=O. The first-order valence-corrected chi connectivity index (χ1v) is 12.0. The lowest BCUT2D eigenvalue weighted by Crippen LogP contribution is -2.36. The lowest BCUT2D eigenvalue weighted by Gasteiger charge is -2.16. The third kappa shape index (κ3) is 4.31. The maximum Gasteiger partial charge on any atom is 0.263 e. The van der Waals surface area contributed by atoms with Gasteiger partial charge in [0.05, 0.1) is 16.7 Å². The summed E-state index contributed by atoms with van der Waals surface area (Å²) in [4.78, 5) is 31.3. The van der Waals surface area contributed by atoms with Crippen LogP contribution in [0.2, 0.25) is 0 Å². The number of amides is 1. The molecule has 1 saturated heterocycles. The molecular formula is C22H25N3O3S2. The minimum absolute atomic E-state index is 0.0583. The van der Waals surface area contributed by atoms with E-state index in [1.807, 2.05) is 49.6 Å². The number of hydrogen-bond donors (Lipinski definition) is 1. The number of fused-ring (bicyclic) bond motifs is 1. The van der Waals surface area contributed by atoms with E-state index in [1.54, 1.807) is 4.57 Å². The van der Waals surface area contributed by atoms with Crippen LogP contribution in [0, 0.1) is 0 Å². The van der Waals surface area contributed by atoms with E-state index < -0.39 is 0 Å². The molecule has 2 aromatic heterocycles. The number of hydrogen-bond acceptors (Lipinski definition) is 6. The minimum atomic E-state index is -0.359. The fourth-order valence-electron chi connectivity index (χ4n) is 3.58. The van der Waals surface area contributed by atoms with Gasteiger partial charge in [0.2, 0.25) is 5.91 Å². The highest BCUT2D eigenvalue weighted by atomic mass is 32.2. The Kier molecular flexibility index (Phi) is 6.55. The van der Waals surface area contributed by atoms with Crippen LogP contribution in [0.1, 0.15) is 26.7 Å². The Bertz CT molecular complexity index is 1090. The van der Waals surface area contributed by atoms with Gasteiger partial charge in [-0.3, -0.25) is 14.2 Å². The van der Waals surface area contributed by atoms with E-state index >= 15 is 0 Å². The van der Waals surface area contributed by atoms with Gasteiger partial charge < -0.3 is 10.1 Å². The Morgan fingerprint density at radius 3 is 2.90 bits per heavy atom. The number of ether oxygens (including phenoxy) is 1. The van der Waals surface area contributed by atoms with Crippen LogP contribution >= 0.6 is 23.1 Å². The van der Waals surface area contributed by atoms with E-state index in [9.17, 15) is 9.59 Å². The summed E-state index contributed by atoms with van der Waals surface area (Å²) < 4.78 is 7.23. The lowest BCUT2D eigenvalue weighted by atomic mass is 10.1. The Morgan fingerprint density at radius 2 is 2.20 bits per heavy atom. The van der Waals surface area contributed by atoms with Gasteiger partial charge in [-0.2, -0.15) is 0 Å². The highest BCUT2D eigenvalue weighted by molar-refractivity contribution is 8.00. The zero-order valence-corrected chi connectivity index (χ0v) is 18.7. The summed E-state index contributed by atoms with van der Waals surface area (Å²) in [5.74, 6) is -0.0661. The molecule has 0 saturated carbocycles. The second-order valence-electron chi connectivity index (χ2n) is 7.28. The molecule has 3 aromatic rings. The second-order valence-corrected chi connectivity index (χ2v) is 9.45. The van der Waals surface area contributed by atoms with E-state index in [0.717, 1.165) is 30.6 Å². The average Bonchev–Trinajstić information content (AvgIpc) is 3.43. The number of nitrogens with zero attached hydrogens (tertiary/aromatic N) is 2. The molecule has 3 heterocycles. The zero-order valence-electron chi connectivity index (χ0n) is 17.1. The van der Waals surface area contributed by atoms with E-state index in [-0.39, 0.29) is 22.8 Å². The Hall–Kier alpha value is -2.16. The third-order valence-corrected chi connectivity index (χ3v) is 7.20. The highest BCUT2D eigenvalue weighted by Gasteiger charge is 2.22. The monoisotopic (exact) mass is 443 g/mol. The zero-order chi connectivity index (χ0) is 21.1. The lowest BCUT2D eigenvalue weighted by molar-refractivity contribution is -0.120. The number of thioether (sulfide) groups is 1. The number of carbonyl (C=O) groups excluding carboxylic acids is 1. The number of benzene rings is 1. The number of nitrogens with one attached hydrogen (secondary N) is 1. The summed E-state index contributed by atoms with van der Waals surface area (Å²) in [5.41, 5.74) is 1.86. The highest BCUT2D eigenvalue weighted by Crippen LogP contribution is 2.32. The van der Waals surface area contributed by atoms with Crippen LogP contribution < -0.4 is 10.9 Å². The molecule has 6 nitrogen and oxygen atoms in total. The van der Waals surface area contributed by atoms with Crippen molar-refractivity contribution >= 4 is 39.2 Å². The van der Waals surface area contributed by atoms with Crippen molar-refractivity contribution in [2.75, 3.05) is 13.2 Å². The van der Waals surface area contributed by atoms with Crippen LogP contribution in [-0.4, -0.2) is 40.0 Å². The largest absolute Gasteiger partial charge is 0.376 e. The fourth-order valence-corrected chi connectivity index (χ4v) is 5.57. The number of aromatic nitrogens is 2. The number of rotatable bonds is 7. The molecule has 1 N–H and O–H groups in total. The van der Waals surface area contributed by atoms with Crippen LogP contribution in [0.4, 0.5) is 0 Å². The summed E-state index contributed by atoms with van der Waals surface area (Å²) in [5, 5.41) is 5.82. The van der Waals surface area contributed by atoms with E-state index in [1.165, 1.54) is 23.1 Å². The summed E-state index contributed by atoms with van der Waals surface area (Å²) in [7, 11) is 0. The number of thiophene rings is 1. The summed E-state index contributed by atoms with van der Waals surface area (Å²) in [6, 6.07) is 9.89. The van der Waals surface area contributed by atoms with Crippen molar-refractivity contribution in [1.82, 2.24) is 14.9 Å². The molecule has 1 aromatic carbocycles. The van der Waals surface area contributed by atoms with Gasteiger partial charge in [0, 0.05) is 30.6 Å². The summed E-state index contributed by atoms with van der Waals surface area (Å²) >= 11 is 2.79. The van der Waals surface area contributed by atoms with Crippen molar-refractivity contribution in [3.63, 3.8) is 0 Å². The summed E-state index contributed by atoms with van der Waals surface area (Å²) in [6.45, 7) is 5.56. The van der Waals surface area contributed by atoms with Gasteiger partial charge >= 0.3 is 0 Å². The van der Waals surface area contributed by atoms with E-state index in [2.05, 4.69) is 5.32 Å². The van der Waals surface area contributed by atoms with Crippen molar-refractivity contribution in [3.05, 3.63) is 46.1 Å². The van der Waals surface area contributed by atoms with E-state index in [0.29, 0.717) is 28.5 Å². The molecule has 0 bridgehead atoms. The predicted molar refractivity (Wildman–Crippen MR) is 122 cm³/mol. The second kappa shape index (κ2) is 9.32. The van der Waals surface area contributed by atoms with Gasteiger partial charge in [0.25, 0.3) is 5.56 Å². The predicted octanol–water partition coefficient (Wildman–Crippen LogP) is 3.92. The topological polar surface area (TPSA) is 73.2 Å². The van der Waals surface area contributed by atoms with Crippen molar-refractivity contribution in [2.45, 2.75) is 49.7 Å². The maximum atomic E-state index is 13.3. The van der Waals surface area contributed by atoms with Crippen molar-refractivity contribution < 1.29 is 9.53 Å². The van der Waals surface area contributed by atoms with Crippen LogP contribution in [0.15, 0.2) is 45.7 Å². The smallest absolute Gasteiger partial charge is 0.263 e. The molecule has 0 aliphatic carbocycles. The fraction of sp³-hybridized carbons (Fsp3) is 0.409. The average molecular weight is 444 g/mol. The first kappa shape index (κ1) is 21.1. The Labute approximate surface area is 183 Å². The first-order valence-electron chi connectivity index (χ1n) is 10.2.